The fourth-order valence-electron chi connectivity index (χ4n) is 3.42. The zero-order valence-corrected chi connectivity index (χ0v) is 14.7. The Labute approximate surface area is 142 Å². The van der Waals surface area contributed by atoms with Gasteiger partial charge in [0.15, 0.2) is 12.2 Å². The number of ether oxygens (including phenoxy) is 1. The molecule has 0 radical (unpaired) electrons. The van der Waals surface area contributed by atoms with Crippen LogP contribution < -0.4 is 4.74 Å². The summed E-state index contributed by atoms with van der Waals surface area (Å²) in [6.07, 6.45) is 4.38. The first-order valence-electron chi connectivity index (χ1n) is 8.31. The molecule has 3 rings (SSSR count). The average Bonchev–Trinajstić information content (AvgIpc) is 2.92. The lowest BCUT2D eigenvalue weighted by atomic mass is 9.76. The second kappa shape index (κ2) is 6.30. The first-order valence-corrected chi connectivity index (χ1v) is 8.31. The van der Waals surface area contributed by atoms with Crippen molar-refractivity contribution in [2.45, 2.75) is 33.6 Å². The average molecular weight is 328 g/mol. The lowest BCUT2D eigenvalue weighted by molar-refractivity contribution is -0.131. The Kier molecular flexibility index (Phi) is 4.35. The van der Waals surface area contributed by atoms with Crippen LogP contribution in [-0.4, -0.2) is 29.4 Å². The van der Waals surface area contributed by atoms with Crippen LogP contribution in [0.3, 0.4) is 0 Å². The summed E-state index contributed by atoms with van der Waals surface area (Å²) in [5.74, 6) is 0.460. The van der Waals surface area contributed by atoms with Crippen LogP contribution in [0.15, 0.2) is 40.5 Å². The van der Waals surface area contributed by atoms with E-state index < -0.39 is 0 Å². The Balaban J connectivity index is 1.65. The smallest absolute Gasteiger partial charge is 0.395 e. The van der Waals surface area contributed by atoms with Crippen LogP contribution in [0.4, 0.5) is 0 Å². The quantitative estimate of drug-likeness (QED) is 0.851. The summed E-state index contributed by atoms with van der Waals surface area (Å²) in [7, 11) is 1.80. The van der Waals surface area contributed by atoms with Gasteiger partial charge >= 0.3 is 6.08 Å². The maximum absolute atomic E-state index is 12.4. The van der Waals surface area contributed by atoms with Gasteiger partial charge in [-0.25, -0.2) is 0 Å². The number of allylic oxidation sites excluding steroid dienone is 2. The van der Waals surface area contributed by atoms with Crippen molar-refractivity contribution in [3.05, 3.63) is 36.0 Å². The molecule has 2 aromatic rings. The van der Waals surface area contributed by atoms with Crippen molar-refractivity contribution in [3.63, 3.8) is 0 Å². The molecule has 0 N–H and O–H groups in total. The summed E-state index contributed by atoms with van der Waals surface area (Å²) in [6.45, 7) is 6.54. The van der Waals surface area contributed by atoms with Gasteiger partial charge in [0.25, 0.3) is 5.91 Å². The number of aromatic nitrogens is 1. The molecular weight excluding hydrogens is 304 g/mol. The third-order valence-electron chi connectivity index (χ3n) is 4.39. The molecule has 5 nitrogen and oxygen atoms in total. The SMILES string of the molecule is CC1CC(N(C)C(=O)COc2nc3ccccc3o2)=CC(C)(C)C1. The van der Waals surface area contributed by atoms with Crippen molar-refractivity contribution in [1.82, 2.24) is 9.88 Å². The number of nitrogens with zero attached hydrogens (tertiary/aromatic N) is 2. The number of rotatable bonds is 4. The van der Waals surface area contributed by atoms with Crippen LogP contribution in [-0.2, 0) is 4.79 Å². The summed E-state index contributed by atoms with van der Waals surface area (Å²) < 4.78 is 10.9. The number of carbonyl (C=O) groups is 1. The molecule has 0 spiro atoms. The van der Waals surface area contributed by atoms with Crippen LogP contribution >= 0.6 is 0 Å². The number of hydrogen-bond donors (Lipinski definition) is 0. The van der Waals surface area contributed by atoms with E-state index in [2.05, 4.69) is 31.8 Å². The number of hydrogen-bond acceptors (Lipinski definition) is 4. The van der Waals surface area contributed by atoms with E-state index in [1.54, 1.807) is 11.9 Å². The highest BCUT2D eigenvalue weighted by atomic mass is 16.6. The molecule has 1 unspecified atom stereocenters. The van der Waals surface area contributed by atoms with Crippen molar-refractivity contribution < 1.29 is 13.9 Å². The predicted molar refractivity (Wildman–Crippen MR) is 92.5 cm³/mol. The topological polar surface area (TPSA) is 55.6 Å². The minimum atomic E-state index is -0.103. The standard InChI is InChI=1S/C19H24N2O3/c1-13-9-14(11-19(2,3)10-13)21(4)17(22)12-23-18-20-15-7-5-6-8-16(15)24-18/h5-8,11,13H,9-10,12H2,1-4H3. The van der Waals surface area contributed by atoms with E-state index in [0.717, 1.165) is 24.1 Å². The van der Waals surface area contributed by atoms with Gasteiger partial charge in [0.1, 0.15) is 5.52 Å². The largest absolute Gasteiger partial charge is 0.440 e. The number of fused-ring (bicyclic) bond motifs is 1. The Bertz CT molecular complexity index is 743. The van der Waals surface area contributed by atoms with Gasteiger partial charge in [-0.05, 0) is 36.3 Å². The van der Waals surface area contributed by atoms with Gasteiger partial charge in [-0.3, -0.25) is 4.79 Å². The molecule has 128 valence electrons. The second-order valence-corrected chi connectivity index (χ2v) is 7.33. The van der Waals surface area contributed by atoms with Crippen LogP contribution in [0.5, 0.6) is 6.08 Å². The van der Waals surface area contributed by atoms with Crippen molar-refractivity contribution >= 4 is 17.0 Å². The molecule has 1 aliphatic rings. The highest BCUT2D eigenvalue weighted by Gasteiger charge is 2.28. The minimum absolute atomic E-state index is 0.0878. The molecule has 24 heavy (non-hydrogen) atoms. The van der Waals surface area contributed by atoms with E-state index in [9.17, 15) is 4.79 Å². The fourth-order valence-corrected chi connectivity index (χ4v) is 3.42. The highest BCUT2D eigenvalue weighted by Crippen LogP contribution is 2.37. The summed E-state index contributed by atoms with van der Waals surface area (Å²) in [5.41, 5.74) is 2.55. The molecule has 1 aromatic carbocycles. The monoisotopic (exact) mass is 328 g/mol. The maximum Gasteiger partial charge on any atom is 0.395 e. The van der Waals surface area contributed by atoms with E-state index >= 15 is 0 Å². The van der Waals surface area contributed by atoms with Gasteiger partial charge in [-0.2, -0.15) is 4.98 Å². The van der Waals surface area contributed by atoms with Crippen molar-refractivity contribution in [2.75, 3.05) is 13.7 Å². The van der Waals surface area contributed by atoms with Gasteiger partial charge in [0.05, 0.1) is 0 Å². The van der Waals surface area contributed by atoms with Gasteiger partial charge in [0, 0.05) is 12.7 Å². The number of para-hydroxylation sites is 2. The lowest BCUT2D eigenvalue weighted by Gasteiger charge is -2.35. The number of carbonyl (C=O) groups excluding carboxylic acids is 1. The number of likely N-dealkylation sites (N-methyl/N-ethyl adjacent to an activating group) is 1. The van der Waals surface area contributed by atoms with Gasteiger partial charge in [-0.15, -0.1) is 0 Å². The maximum atomic E-state index is 12.4. The Hall–Kier alpha value is -2.30. The zero-order chi connectivity index (χ0) is 17.3. The summed E-state index contributed by atoms with van der Waals surface area (Å²) in [6, 6.07) is 7.41. The van der Waals surface area contributed by atoms with Crippen LogP contribution in [0.1, 0.15) is 33.6 Å². The van der Waals surface area contributed by atoms with Gasteiger partial charge in [0.2, 0.25) is 0 Å². The lowest BCUT2D eigenvalue weighted by Crippen LogP contribution is -2.34. The van der Waals surface area contributed by atoms with Crippen molar-refractivity contribution in [1.29, 1.82) is 0 Å². The number of amides is 1. The Morgan fingerprint density at radius 2 is 2.17 bits per heavy atom. The summed E-state index contributed by atoms with van der Waals surface area (Å²) in [5, 5.41) is 0. The van der Waals surface area contributed by atoms with E-state index in [4.69, 9.17) is 9.15 Å². The van der Waals surface area contributed by atoms with E-state index in [1.165, 1.54) is 0 Å². The third-order valence-corrected chi connectivity index (χ3v) is 4.39. The molecule has 0 aliphatic heterocycles. The molecular formula is C19H24N2O3. The molecule has 0 saturated heterocycles. The third kappa shape index (κ3) is 3.61. The Morgan fingerprint density at radius 1 is 1.42 bits per heavy atom. The minimum Gasteiger partial charge on any atom is -0.440 e. The fraction of sp³-hybridized carbons (Fsp3) is 0.474. The van der Waals surface area contributed by atoms with E-state index in [-0.39, 0.29) is 24.0 Å². The zero-order valence-electron chi connectivity index (χ0n) is 14.7. The van der Waals surface area contributed by atoms with Gasteiger partial charge in [-0.1, -0.05) is 39.0 Å². The Morgan fingerprint density at radius 3 is 2.88 bits per heavy atom. The molecule has 1 aliphatic carbocycles. The molecule has 0 bridgehead atoms. The van der Waals surface area contributed by atoms with E-state index in [1.807, 2.05) is 24.3 Å². The first-order chi connectivity index (χ1) is 11.3. The molecule has 1 atom stereocenters. The normalized spacial score (nSPS) is 19.8. The summed E-state index contributed by atoms with van der Waals surface area (Å²) >= 11 is 0. The van der Waals surface area contributed by atoms with Crippen LogP contribution in [0.2, 0.25) is 0 Å². The molecule has 0 fully saturated rings. The summed E-state index contributed by atoms with van der Waals surface area (Å²) in [4.78, 5) is 18.4. The molecule has 1 amide bonds. The number of oxazole rings is 1. The molecule has 1 heterocycles. The van der Waals surface area contributed by atoms with E-state index in [0.29, 0.717) is 11.5 Å². The first kappa shape index (κ1) is 16.6. The van der Waals surface area contributed by atoms with Gasteiger partial charge < -0.3 is 14.1 Å². The van der Waals surface area contributed by atoms with Crippen LogP contribution in [0, 0.1) is 11.3 Å². The predicted octanol–water partition coefficient (Wildman–Crippen LogP) is 4.01. The van der Waals surface area contributed by atoms with Crippen molar-refractivity contribution in [2.24, 2.45) is 11.3 Å². The molecule has 1 aromatic heterocycles. The van der Waals surface area contributed by atoms with Crippen molar-refractivity contribution in [3.8, 4) is 6.08 Å². The number of benzene rings is 1. The molecule has 0 saturated carbocycles. The highest BCUT2D eigenvalue weighted by molar-refractivity contribution is 5.79. The molecule has 5 heteroatoms. The second-order valence-electron chi connectivity index (χ2n) is 7.33. The van der Waals surface area contributed by atoms with Crippen LogP contribution in [0.25, 0.3) is 11.1 Å².